The van der Waals surface area contributed by atoms with Crippen LogP contribution in [0.5, 0.6) is 0 Å². The molecule has 1 saturated heterocycles. The van der Waals surface area contributed by atoms with Gasteiger partial charge in [0, 0.05) is 46.0 Å². The summed E-state index contributed by atoms with van der Waals surface area (Å²) in [6, 6.07) is 6.17. The molecule has 2 heterocycles. The van der Waals surface area contributed by atoms with Gasteiger partial charge in [0.1, 0.15) is 11.9 Å². The summed E-state index contributed by atoms with van der Waals surface area (Å²) >= 11 is 0. The van der Waals surface area contributed by atoms with Gasteiger partial charge in [0.05, 0.1) is 5.56 Å². The van der Waals surface area contributed by atoms with Crippen LogP contribution in [0.1, 0.15) is 24.1 Å². The quantitative estimate of drug-likeness (QED) is 0.836. The molecule has 0 N–H and O–H groups in total. The number of carbonyl (C=O) groups is 1. The highest BCUT2D eigenvalue weighted by Gasteiger charge is 2.27. The van der Waals surface area contributed by atoms with Crippen molar-refractivity contribution in [1.82, 2.24) is 14.8 Å². The van der Waals surface area contributed by atoms with Crippen LogP contribution in [0.4, 0.5) is 10.6 Å². The van der Waals surface area contributed by atoms with E-state index in [9.17, 15) is 10.1 Å². The van der Waals surface area contributed by atoms with Crippen LogP contribution in [-0.4, -0.2) is 61.1 Å². The highest BCUT2D eigenvalue weighted by molar-refractivity contribution is 5.73. The summed E-state index contributed by atoms with van der Waals surface area (Å²) < 4.78 is 0. The molecule has 2 rings (SSSR count). The smallest absolute Gasteiger partial charge is 0.319 e. The average Bonchev–Trinajstić information content (AvgIpc) is 2.53. The standard InChI is InChI=1S/C16H23N5O/c1-12-5-6-13(11-17)15(18-12)21-9-7-14(8-10-21)20(4)16(22)19(2)3/h5-6,14H,7-10H2,1-4H3. The van der Waals surface area contributed by atoms with Gasteiger partial charge in [0.2, 0.25) is 0 Å². The third-order valence-electron chi connectivity index (χ3n) is 4.13. The summed E-state index contributed by atoms with van der Waals surface area (Å²) in [6.07, 6.45) is 1.77. The highest BCUT2D eigenvalue weighted by atomic mass is 16.2. The van der Waals surface area contributed by atoms with E-state index in [-0.39, 0.29) is 12.1 Å². The minimum Gasteiger partial charge on any atom is -0.355 e. The number of piperidine rings is 1. The molecule has 0 saturated carbocycles. The van der Waals surface area contributed by atoms with E-state index in [4.69, 9.17) is 0 Å². The van der Waals surface area contributed by atoms with Gasteiger partial charge in [-0.1, -0.05) is 0 Å². The SMILES string of the molecule is Cc1ccc(C#N)c(N2CCC(N(C)C(=O)N(C)C)CC2)n1. The van der Waals surface area contributed by atoms with Crippen LogP contribution in [0.2, 0.25) is 0 Å². The minimum absolute atomic E-state index is 0.0323. The van der Waals surface area contributed by atoms with Crippen molar-refractivity contribution in [3.05, 3.63) is 23.4 Å². The molecule has 2 amide bonds. The zero-order valence-corrected chi connectivity index (χ0v) is 13.7. The lowest BCUT2D eigenvalue weighted by atomic mass is 10.0. The first-order chi connectivity index (χ1) is 10.4. The van der Waals surface area contributed by atoms with Gasteiger partial charge >= 0.3 is 6.03 Å². The fourth-order valence-corrected chi connectivity index (χ4v) is 2.81. The van der Waals surface area contributed by atoms with Gasteiger partial charge in [-0.3, -0.25) is 0 Å². The predicted octanol–water partition coefficient (Wildman–Crippen LogP) is 1.84. The summed E-state index contributed by atoms with van der Waals surface area (Å²) in [7, 11) is 5.39. The number of aromatic nitrogens is 1. The van der Waals surface area contributed by atoms with E-state index in [0.717, 1.165) is 37.4 Å². The molecule has 22 heavy (non-hydrogen) atoms. The van der Waals surface area contributed by atoms with Crippen molar-refractivity contribution in [2.45, 2.75) is 25.8 Å². The first-order valence-corrected chi connectivity index (χ1v) is 7.51. The Kier molecular flexibility index (Phi) is 4.86. The predicted molar refractivity (Wildman–Crippen MR) is 85.8 cm³/mol. The van der Waals surface area contributed by atoms with Crippen LogP contribution in [0.3, 0.4) is 0 Å². The van der Waals surface area contributed by atoms with Gasteiger partial charge in [-0.05, 0) is 31.9 Å². The highest BCUT2D eigenvalue weighted by Crippen LogP contribution is 2.24. The Bertz CT molecular complexity index is 585. The van der Waals surface area contributed by atoms with E-state index >= 15 is 0 Å². The van der Waals surface area contributed by atoms with Gasteiger partial charge in [0.25, 0.3) is 0 Å². The fraction of sp³-hybridized carbons (Fsp3) is 0.562. The van der Waals surface area contributed by atoms with Crippen LogP contribution in [-0.2, 0) is 0 Å². The lowest BCUT2D eigenvalue weighted by Gasteiger charge is -2.38. The van der Waals surface area contributed by atoms with E-state index in [1.54, 1.807) is 19.0 Å². The number of anilines is 1. The maximum absolute atomic E-state index is 12.0. The molecule has 0 spiro atoms. The fourth-order valence-electron chi connectivity index (χ4n) is 2.81. The molecule has 118 valence electrons. The van der Waals surface area contributed by atoms with Crippen LogP contribution in [0.25, 0.3) is 0 Å². The van der Waals surface area contributed by atoms with Crippen molar-refractivity contribution in [3.8, 4) is 6.07 Å². The second-order valence-corrected chi connectivity index (χ2v) is 5.94. The first kappa shape index (κ1) is 16.1. The molecule has 0 radical (unpaired) electrons. The van der Waals surface area contributed by atoms with Crippen molar-refractivity contribution in [3.63, 3.8) is 0 Å². The zero-order valence-electron chi connectivity index (χ0n) is 13.7. The molecule has 1 aliphatic rings. The Labute approximate surface area is 131 Å². The molecule has 1 aromatic heterocycles. The van der Waals surface area contributed by atoms with Crippen molar-refractivity contribution in [2.24, 2.45) is 0 Å². The van der Waals surface area contributed by atoms with E-state index in [1.807, 2.05) is 31.0 Å². The molecular weight excluding hydrogens is 278 g/mol. The molecule has 0 aromatic carbocycles. The van der Waals surface area contributed by atoms with Crippen LogP contribution in [0, 0.1) is 18.3 Å². The number of aryl methyl sites for hydroxylation is 1. The first-order valence-electron chi connectivity index (χ1n) is 7.51. The van der Waals surface area contributed by atoms with Gasteiger partial charge in [-0.25, -0.2) is 9.78 Å². The molecule has 1 aliphatic heterocycles. The van der Waals surface area contributed by atoms with E-state index in [2.05, 4.69) is 16.0 Å². The third kappa shape index (κ3) is 3.30. The monoisotopic (exact) mass is 301 g/mol. The van der Waals surface area contributed by atoms with Crippen LogP contribution in [0.15, 0.2) is 12.1 Å². The van der Waals surface area contributed by atoms with Crippen molar-refractivity contribution in [2.75, 3.05) is 39.1 Å². The number of amides is 2. The summed E-state index contributed by atoms with van der Waals surface area (Å²) in [6.45, 7) is 3.54. The van der Waals surface area contributed by atoms with Crippen LogP contribution < -0.4 is 4.90 Å². The summed E-state index contributed by atoms with van der Waals surface area (Å²) in [5.41, 5.74) is 1.53. The van der Waals surface area contributed by atoms with Crippen molar-refractivity contribution < 1.29 is 4.79 Å². The second-order valence-electron chi connectivity index (χ2n) is 5.94. The Morgan fingerprint density at radius 2 is 1.95 bits per heavy atom. The van der Waals surface area contributed by atoms with E-state index in [1.165, 1.54) is 0 Å². The van der Waals surface area contributed by atoms with E-state index < -0.39 is 0 Å². The number of hydrogen-bond acceptors (Lipinski definition) is 4. The Morgan fingerprint density at radius 3 is 2.50 bits per heavy atom. The van der Waals surface area contributed by atoms with Gasteiger partial charge in [-0.15, -0.1) is 0 Å². The summed E-state index contributed by atoms with van der Waals surface area (Å²) in [5.74, 6) is 0.766. The largest absolute Gasteiger partial charge is 0.355 e. The molecule has 0 atom stereocenters. The normalized spacial score (nSPS) is 15.3. The molecule has 0 aliphatic carbocycles. The Balaban J connectivity index is 2.05. The lowest BCUT2D eigenvalue weighted by molar-refractivity contribution is 0.155. The number of pyridine rings is 1. The van der Waals surface area contributed by atoms with E-state index in [0.29, 0.717) is 5.56 Å². The lowest BCUT2D eigenvalue weighted by Crippen LogP contribution is -2.48. The molecule has 6 nitrogen and oxygen atoms in total. The van der Waals surface area contributed by atoms with Crippen molar-refractivity contribution >= 4 is 11.8 Å². The molecule has 0 bridgehead atoms. The number of nitrogens with zero attached hydrogens (tertiary/aromatic N) is 5. The maximum atomic E-state index is 12.0. The Hall–Kier alpha value is -2.29. The van der Waals surface area contributed by atoms with Gasteiger partial charge < -0.3 is 14.7 Å². The number of rotatable bonds is 2. The van der Waals surface area contributed by atoms with Crippen LogP contribution >= 0.6 is 0 Å². The topological polar surface area (TPSA) is 63.5 Å². The Morgan fingerprint density at radius 1 is 1.32 bits per heavy atom. The third-order valence-corrected chi connectivity index (χ3v) is 4.13. The molecule has 0 unspecified atom stereocenters. The van der Waals surface area contributed by atoms with Gasteiger partial charge in [-0.2, -0.15) is 5.26 Å². The molecule has 1 fully saturated rings. The summed E-state index contributed by atoms with van der Waals surface area (Å²) in [5, 5.41) is 9.24. The minimum atomic E-state index is 0.0323. The maximum Gasteiger partial charge on any atom is 0.319 e. The second kappa shape index (κ2) is 6.65. The van der Waals surface area contributed by atoms with Gasteiger partial charge in [0.15, 0.2) is 0 Å². The number of urea groups is 1. The number of hydrogen-bond donors (Lipinski definition) is 0. The number of carbonyl (C=O) groups excluding carboxylic acids is 1. The molecular formula is C16H23N5O. The number of nitriles is 1. The summed E-state index contributed by atoms with van der Waals surface area (Å²) in [4.78, 5) is 22.1. The average molecular weight is 301 g/mol. The zero-order chi connectivity index (χ0) is 16.3. The molecule has 6 heteroatoms. The molecule has 1 aromatic rings. The van der Waals surface area contributed by atoms with Crippen molar-refractivity contribution in [1.29, 1.82) is 5.26 Å².